The number of nitrogens with one attached hydrogen (secondary N) is 1. The molecule has 0 bridgehead atoms. The van der Waals surface area contributed by atoms with Crippen molar-refractivity contribution in [3.8, 4) is 0 Å². The van der Waals surface area contributed by atoms with Gasteiger partial charge >= 0.3 is 5.97 Å². The van der Waals surface area contributed by atoms with Crippen LogP contribution >= 0.6 is 0 Å². The molecule has 1 fully saturated rings. The maximum absolute atomic E-state index is 12.3. The Morgan fingerprint density at radius 2 is 1.92 bits per heavy atom. The number of rotatable bonds is 4. The third-order valence-corrected chi connectivity index (χ3v) is 4.35. The molecule has 0 radical (unpaired) electrons. The van der Waals surface area contributed by atoms with Crippen molar-refractivity contribution in [2.75, 3.05) is 13.6 Å². The van der Waals surface area contributed by atoms with Crippen molar-refractivity contribution >= 4 is 28.6 Å². The molecule has 2 atom stereocenters. The van der Waals surface area contributed by atoms with Crippen LogP contribution < -0.4 is 5.32 Å². The summed E-state index contributed by atoms with van der Waals surface area (Å²) in [5.41, 5.74) is 0.507. The van der Waals surface area contributed by atoms with E-state index in [9.17, 15) is 19.5 Å². The number of hydrogen-bond acceptors (Lipinski definition) is 3. The third kappa shape index (κ3) is 3.08. The molecular formula is C18H18N2O4. The SMILES string of the molecule is CN1CC(C(=O)NC(C(=O)O)c2ccc3ccccc3c2)CC1=O. The highest BCUT2D eigenvalue weighted by Crippen LogP contribution is 2.22. The largest absolute Gasteiger partial charge is 0.479 e. The second-order valence-electron chi connectivity index (χ2n) is 6.06. The van der Waals surface area contributed by atoms with Crippen LogP contribution in [0.15, 0.2) is 42.5 Å². The van der Waals surface area contributed by atoms with Crippen molar-refractivity contribution in [1.29, 1.82) is 0 Å². The molecule has 24 heavy (non-hydrogen) atoms. The fourth-order valence-electron chi connectivity index (χ4n) is 2.97. The van der Waals surface area contributed by atoms with E-state index in [0.717, 1.165) is 10.8 Å². The molecule has 1 saturated heterocycles. The van der Waals surface area contributed by atoms with Crippen LogP contribution in [0, 0.1) is 5.92 Å². The van der Waals surface area contributed by atoms with Crippen molar-refractivity contribution in [2.45, 2.75) is 12.5 Å². The van der Waals surface area contributed by atoms with Crippen LogP contribution in [0.4, 0.5) is 0 Å². The van der Waals surface area contributed by atoms with E-state index in [-0.39, 0.29) is 12.3 Å². The maximum atomic E-state index is 12.3. The van der Waals surface area contributed by atoms with Gasteiger partial charge < -0.3 is 15.3 Å². The lowest BCUT2D eigenvalue weighted by Gasteiger charge is -2.18. The summed E-state index contributed by atoms with van der Waals surface area (Å²) in [5.74, 6) is -2.15. The average Bonchev–Trinajstić information content (AvgIpc) is 2.91. The first-order chi connectivity index (χ1) is 11.5. The highest BCUT2D eigenvalue weighted by atomic mass is 16.4. The molecule has 2 aromatic carbocycles. The Kier molecular flexibility index (Phi) is 4.20. The van der Waals surface area contributed by atoms with Gasteiger partial charge in [-0.2, -0.15) is 0 Å². The third-order valence-electron chi connectivity index (χ3n) is 4.35. The van der Waals surface area contributed by atoms with E-state index in [1.54, 1.807) is 19.2 Å². The molecule has 0 aliphatic carbocycles. The van der Waals surface area contributed by atoms with Crippen molar-refractivity contribution in [3.05, 3.63) is 48.0 Å². The van der Waals surface area contributed by atoms with Crippen LogP contribution in [-0.2, 0) is 14.4 Å². The predicted octanol–water partition coefficient (Wildman–Crippen LogP) is 1.56. The lowest BCUT2D eigenvalue weighted by Crippen LogP contribution is -2.38. The Bertz CT molecular complexity index is 818. The summed E-state index contributed by atoms with van der Waals surface area (Å²) in [4.78, 5) is 37.0. The number of carbonyl (C=O) groups excluding carboxylic acids is 2. The lowest BCUT2D eigenvalue weighted by molar-refractivity contribution is -0.142. The van der Waals surface area contributed by atoms with Gasteiger partial charge in [0.2, 0.25) is 11.8 Å². The van der Waals surface area contributed by atoms with Gasteiger partial charge in [0.1, 0.15) is 0 Å². The predicted molar refractivity (Wildman–Crippen MR) is 88.2 cm³/mol. The Morgan fingerprint density at radius 1 is 1.21 bits per heavy atom. The van der Waals surface area contributed by atoms with E-state index in [0.29, 0.717) is 12.1 Å². The molecule has 1 aliphatic rings. The minimum absolute atomic E-state index is 0.104. The van der Waals surface area contributed by atoms with E-state index in [1.807, 2.05) is 30.3 Å². The fourth-order valence-corrected chi connectivity index (χ4v) is 2.97. The first-order valence-electron chi connectivity index (χ1n) is 7.71. The van der Waals surface area contributed by atoms with Crippen LogP contribution in [-0.4, -0.2) is 41.4 Å². The standard InChI is InChI=1S/C18H18N2O4/c1-20-10-14(9-15(20)21)17(22)19-16(18(23)24)13-7-6-11-4-2-3-5-12(11)8-13/h2-8,14,16H,9-10H2,1H3,(H,19,22)(H,23,24). The summed E-state index contributed by atoms with van der Waals surface area (Å²) in [5, 5.41) is 14.0. The normalized spacial score (nSPS) is 18.6. The topological polar surface area (TPSA) is 86.7 Å². The number of fused-ring (bicyclic) bond motifs is 1. The number of carboxylic acid groups (broad SMARTS) is 1. The highest BCUT2D eigenvalue weighted by Gasteiger charge is 2.34. The Hall–Kier alpha value is -2.89. The zero-order valence-electron chi connectivity index (χ0n) is 13.2. The minimum Gasteiger partial charge on any atom is -0.479 e. The van der Waals surface area contributed by atoms with Gasteiger partial charge in [-0.1, -0.05) is 36.4 Å². The number of benzene rings is 2. The van der Waals surface area contributed by atoms with Gasteiger partial charge in [0.05, 0.1) is 5.92 Å². The summed E-state index contributed by atoms with van der Waals surface area (Å²) in [6, 6.07) is 11.8. The fraction of sp³-hybridized carbons (Fsp3) is 0.278. The number of carboxylic acids is 1. The lowest BCUT2D eigenvalue weighted by atomic mass is 10.0. The van der Waals surface area contributed by atoms with Crippen LogP contribution in [0.3, 0.4) is 0 Å². The quantitative estimate of drug-likeness (QED) is 0.893. The van der Waals surface area contributed by atoms with E-state index >= 15 is 0 Å². The van der Waals surface area contributed by atoms with Crippen LogP contribution in [0.5, 0.6) is 0 Å². The number of hydrogen-bond donors (Lipinski definition) is 2. The van der Waals surface area contributed by atoms with Gasteiger partial charge in [0.15, 0.2) is 6.04 Å². The Morgan fingerprint density at radius 3 is 2.54 bits per heavy atom. The minimum atomic E-state index is -1.14. The van der Waals surface area contributed by atoms with Crippen molar-refractivity contribution in [2.24, 2.45) is 5.92 Å². The van der Waals surface area contributed by atoms with Gasteiger partial charge in [-0.25, -0.2) is 4.79 Å². The smallest absolute Gasteiger partial charge is 0.330 e. The molecular weight excluding hydrogens is 308 g/mol. The molecule has 2 aromatic rings. The van der Waals surface area contributed by atoms with E-state index in [1.165, 1.54) is 4.90 Å². The van der Waals surface area contributed by atoms with Crippen LogP contribution in [0.2, 0.25) is 0 Å². The average molecular weight is 326 g/mol. The maximum Gasteiger partial charge on any atom is 0.330 e. The second kappa shape index (κ2) is 6.31. The highest BCUT2D eigenvalue weighted by molar-refractivity contribution is 5.92. The molecule has 0 spiro atoms. The summed E-state index contributed by atoms with van der Waals surface area (Å²) in [7, 11) is 1.63. The van der Waals surface area contributed by atoms with Crippen molar-refractivity contribution < 1.29 is 19.5 Å². The molecule has 2 amide bonds. The van der Waals surface area contributed by atoms with Gasteiger partial charge in [-0.3, -0.25) is 9.59 Å². The number of nitrogens with zero attached hydrogens (tertiary/aromatic N) is 1. The van der Waals surface area contributed by atoms with E-state index in [2.05, 4.69) is 5.32 Å². The van der Waals surface area contributed by atoms with Crippen molar-refractivity contribution in [1.82, 2.24) is 10.2 Å². The summed E-state index contributed by atoms with van der Waals surface area (Å²) < 4.78 is 0. The summed E-state index contributed by atoms with van der Waals surface area (Å²) in [6.07, 6.45) is 0.117. The first-order valence-corrected chi connectivity index (χ1v) is 7.71. The first kappa shape index (κ1) is 16.0. The van der Waals surface area contributed by atoms with Crippen LogP contribution in [0.25, 0.3) is 10.8 Å². The summed E-state index contributed by atoms with van der Waals surface area (Å²) in [6.45, 7) is 0.314. The monoisotopic (exact) mass is 326 g/mol. The molecule has 6 nitrogen and oxygen atoms in total. The molecule has 0 saturated carbocycles. The molecule has 1 aliphatic heterocycles. The zero-order valence-corrected chi connectivity index (χ0v) is 13.2. The van der Waals surface area contributed by atoms with Gasteiger partial charge in [0, 0.05) is 20.0 Å². The molecule has 2 unspecified atom stereocenters. The zero-order chi connectivity index (χ0) is 17.3. The van der Waals surface area contributed by atoms with Gasteiger partial charge in [0.25, 0.3) is 0 Å². The number of aliphatic carboxylic acids is 1. The number of amides is 2. The number of carbonyl (C=O) groups is 3. The molecule has 3 rings (SSSR count). The van der Waals surface area contributed by atoms with E-state index < -0.39 is 23.8 Å². The molecule has 1 heterocycles. The second-order valence-corrected chi connectivity index (χ2v) is 6.06. The molecule has 0 aromatic heterocycles. The van der Waals surface area contributed by atoms with Crippen LogP contribution in [0.1, 0.15) is 18.0 Å². The van der Waals surface area contributed by atoms with Gasteiger partial charge in [-0.15, -0.1) is 0 Å². The molecule has 2 N–H and O–H groups in total. The molecule has 124 valence electrons. The number of likely N-dealkylation sites (tertiary alicyclic amines) is 1. The van der Waals surface area contributed by atoms with E-state index in [4.69, 9.17) is 0 Å². The molecule has 6 heteroatoms. The Labute approximate surface area is 139 Å². The van der Waals surface area contributed by atoms with Gasteiger partial charge in [-0.05, 0) is 22.4 Å². The summed E-state index contributed by atoms with van der Waals surface area (Å²) >= 11 is 0. The Balaban J connectivity index is 1.82. The van der Waals surface area contributed by atoms with Crippen molar-refractivity contribution in [3.63, 3.8) is 0 Å².